The van der Waals surface area contributed by atoms with Gasteiger partial charge in [0.05, 0.1) is 17.6 Å². The van der Waals surface area contributed by atoms with Crippen LogP contribution in [0.15, 0.2) is 78.2 Å². The van der Waals surface area contributed by atoms with Gasteiger partial charge in [-0.05, 0) is 54.4 Å². The molecule has 4 heterocycles. The van der Waals surface area contributed by atoms with Crippen LogP contribution in [0.25, 0.3) is 44.3 Å². The van der Waals surface area contributed by atoms with Gasteiger partial charge < -0.3 is 15.2 Å². The highest BCUT2D eigenvalue weighted by Crippen LogP contribution is 2.32. The average Bonchev–Trinajstić information content (AvgIpc) is 3.35. The Kier molecular flexibility index (Phi) is 6.76. The van der Waals surface area contributed by atoms with Crippen molar-refractivity contribution < 1.29 is 4.79 Å². The number of nitrogens with one attached hydrogen (secondary N) is 2. The van der Waals surface area contributed by atoms with E-state index < -0.39 is 6.03 Å². The maximum Gasteiger partial charge on any atom is 0.323 e. The summed E-state index contributed by atoms with van der Waals surface area (Å²) in [7, 11) is 3.69. The molecule has 216 valence electrons. The molecule has 6 aromatic rings. The fraction of sp³-hybridized carbons (Fsp3) is 0.212. The van der Waals surface area contributed by atoms with E-state index in [0.717, 1.165) is 27.4 Å². The van der Waals surface area contributed by atoms with Crippen molar-refractivity contribution in [1.82, 2.24) is 29.1 Å². The minimum Gasteiger partial charge on any atom is -0.351 e. The highest BCUT2D eigenvalue weighted by molar-refractivity contribution is 6.02. The van der Waals surface area contributed by atoms with E-state index in [9.17, 15) is 9.59 Å². The Morgan fingerprint density at radius 1 is 0.884 bits per heavy atom. The summed E-state index contributed by atoms with van der Waals surface area (Å²) in [6.07, 6.45) is 6.76. The molecule has 0 spiro atoms. The Labute approximate surface area is 248 Å². The van der Waals surface area contributed by atoms with Crippen LogP contribution in [0.4, 0.5) is 16.2 Å². The van der Waals surface area contributed by atoms with E-state index in [1.165, 1.54) is 10.9 Å². The molecule has 4 aromatic heterocycles. The zero-order chi connectivity index (χ0) is 30.5. The molecule has 0 aliphatic carbocycles. The molecule has 0 saturated heterocycles. The van der Waals surface area contributed by atoms with E-state index in [0.29, 0.717) is 39.7 Å². The van der Waals surface area contributed by atoms with Gasteiger partial charge in [0.2, 0.25) is 0 Å². The van der Waals surface area contributed by atoms with Crippen LogP contribution in [-0.2, 0) is 19.5 Å². The molecule has 0 bridgehead atoms. The zero-order valence-electron chi connectivity index (χ0n) is 24.9. The number of rotatable bonds is 4. The van der Waals surface area contributed by atoms with Crippen LogP contribution in [0, 0.1) is 6.92 Å². The van der Waals surface area contributed by atoms with E-state index in [1.54, 1.807) is 37.6 Å². The largest absolute Gasteiger partial charge is 0.351 e. The third-order valence-corrected chi connectivity index (χ3v) is 7.52. The third-order valence-electron chi connectivity index (χ3n) is 7.52. The lowest BCUT2D eigenvalue weighted by molar-refractivity contribution is 0.262. The van der Waals surface area contributed by atoms with Crippen LogP contribution >= 0.6 is 0 Å². The Bertz CT molecular complexity index is 2100. The smallest absolute Gasteiger partial charge is 0.323 e. The number of hydrogen-bond donors (Lipinski definition) is 2. The summed E-state index contributed by atoms with van der Waals surface area (Å²) in [4.78, 5) is 44.4. The van der Waals surface area contributed by atoms with Crippen LogP contribution in [0.3, 0.4) is 0 Å². The molecule has 0 fully saturated rings. The Hall–Kier alpha value is -5.38. The molecule has 0 unspecified atom stereocenters. The number of nitrogens with zero attached hydrogens (tertiary/aromatic N) is 6. The van der Waals surface area contributed by atoms with Gasteiger partial charge in [0.25, 0.3) is 5.56 Å². The SMILES string of the molecule is Cc1ccc(NC(=O)Nc2cnc(C(C)(C)C)nc2-c2ccc3c(ccn3C)c2)cc1-c1cc2cncnc2n(C)c1=O. The van der Waals surface area contributed by atoms with Gasteiger partial charge in [0, 0.05) is 65.0 Å². The van der Waals surface area contributed by atoms with Crippen LogP contribution in [-0.4, -0.2) is 35.1 Å². The number of fused-ring (bicyclic) bond motifs is 2. The molecular weight excluding hydrogens is 540 g/mol. The maximum atomic E-state index is 13.3. The fourth-order valence-electron chi connectivity index (χ4n) is 5.16. The van der Waals surface area contributed by atoms with Crippen molar-refractivity contribution in [3.05, 3.63) is 95.2 Å². The van der Waals surface area contributed by atoms with Crippen molar-refractivity contribution in [1.29, 1.82) is 0 Å². The molecule has 43 heavy (non-hydrogen) atoms. The van der Waals surface area contributed by atoms with Crippen molar-refractivity contribution >= 4 is 39.3 Å². The highest BCUT2D eigenvalue weighted by Gasteiger charge is 2.21. The monoisotopic (exact) mass is 572 g/mol. The normalized spacial score (nSPS) is 11.7. The van der Waals surface area contributed by atoms with E-state index in [2.05, 4.69) is 63.1 Å². The lowest BCUT2D eigenvalue weighted by Gasteiger charge is -2.19. The summed E-state index contributed by atoms with van der Waals surface area (Å²) >= 11 is 0. The predicted octanol–water partition coefficient (Wildman–Crippen LogP) is 6.19. The average molecular weight is 573 g/mol. The summed E-state index contributed by atoms with van der Waals surface area (Å²) < 4.78 is 3.57. The van der Waals surface area contributed by atoms with Crippen molar-refractivity contribution in [2.45, 2.75) is 33.1 Å². The first-order chi connectivity index (χ1) is 20.5. The van der Waals surface area contributed by atoms with E-state index >= 15 is 0 Å². The molecule has 0 atom stereocenters. The molecular formula is C33H32N8O2. The summed E-state index contributed by atoms with van der Waals surface area (Å²) in [6.45, 7) is 8.08. The summed E-state index contributed by atoms with van der Waals surface area (Å²) in [5.41, 5.74) is 5.80. The predicted molar refractivity (Wildman–Crippen MR) is 170 cm³/mol. The lowest BCUT2D eigenvalue weighted by Crippen LogP contribution is -2.22. The first-order valence-corrected chi connectivity index (χ1v) is 13.9. The van der Waals surface area contributed by atoms with Crippen LogP contribution in [0.5, 0.6) is 0 Å². The number of hydrogen-bond acceptors (Lipinski definition) is 6. The minimum absolute atomic E-state index is 0.188. The third kappa shape index (κ3) is 5.23. The first-order valence-electron chi connectivity index (χ1n) is 13.9. The number of anilines is 2. The molecule has 0 aliphatic rings. The first kappa shape index (κ1) is 27.8. The number of aromatic nitrogens is 6. The topological polar surface area (TPSA) is 120 Å². The highest BCUT2D eigenvalue weighted by atomic mass is 16.2. The van der Waals surface area contributed by atoms with Crippen LogP contribution < -0.4 is 16.2 Å². The van der Waals surface area contributed by atoms with Gasteiger partial charge in [-0.3, -0.25) is 9.36 Å². The van der Waals surface area contributed by atoms with Gasteiger partial charge in [-0.1, -0.05) is 32.9 Å². The molecule has 2 aromatic carbocycles. The molecule has 10 nitrogen and oxygen atoms in total. The lowest BCUT2D eigenvalue weighted by atomic mass is 9.95. The standard InChI is InChI=1S/C33H32N8O2/c1-19-7-9-23(15-24(19)25-14-22-16-34-18-36-29(22)41(6)30(25)42)37-32(43)38-26-17-35-31(33(2,3)4)39-28(26)21-8-10-27-20(13-21)11-12-40(27)5/h7-18H,1-6H3,(H2,37,38,43). The summed E-state index contributed by atoms with van der Waals surface area (Å²) in [5.74, 6) is 0.673. The van der Waals surface area contributed by atoms with Crippen molar-refractivity contribution in [3.8, 4) is 22.4 Å². The summed E-state index contributed by atoms with van der Waals surface area (Å²) in [5, 5.41) is 7.68. The molecule has 2 amide bonds. The quantitative estimate of drug-likeness (QED) is 0.260. The fourth-order valence-corrected chi connectivity index (χ4v) is 5.16. The molecule has 2 N–H and O–H groups in total. The van der Waals surface area contributed by atoms with Gasteiger partial charge in [-0.15, -0.1) is 0 Å². The number of carbonyl (C=O) groups excluding carboxylic acids is 1. The van der Waals surface area contributed by atoms with Gasteiger partial charge in [-0.25, -0.2) is 24.7 Å². The zero-order valence-corrected chi connectivity index (χ0v) is 24.9. The van der Waals surface area contributed by atoms with Crippen molar-refractivity contribution in [2.75, 3.05) is 10.6 Å². The van der Waals surface area contributed by atoms with Gasteiger partial charge in [-0.2, -0.15) is 0 Å². The molecule has 6 rings (SSSR count). The van der Waals surface area contributed by atoms with Crippen molar-refractivity contribution in [2.24, 2.45) is 14.1 Å². The van der Waals surface area contributed by atoms with Crippen molar-refractivity contribution in [3.63, 3.8) is 0 Å². The van der Waals surface area contributed by atoms with E-state index in [4.69, 9.17) is 4.98 Å². The number of urea groups is 1. The second-order valence-electron chi connectivity index (χ2n) is 11.7. The van der Waals surface area contributed by atoms with Gasteiger partial charge >= 0.3 is 6.03 Å². The molecule has 0 aliphatic heterocycles. The number of benzene rings is 2. The number of carbonyl (C=O) groups is 1. The minimum atomic E-state index is -0.455. The van der Waals surface area contributed by atoms with Gasteiger partial charge in [0.15, 0.2) is 0 Å². The van der Waals surface area contributed by atoms with Gasteiger partial charge in [0.1, 0.15) is 17.8 Å². The second-order valence-corrected chi connectivity index (χ2v) is 11.7. The Balaban J connectivity index is 1.33. The van der Waals surface area contributed by atoms with Crippen LogP contribution in [0.1, 0.15) is 32.2 Å². The van der Waals surface area contributed by atoms with Crippen LogP contribution in [0.2, 0.25) is 0 Å². The van der Waals surface area contributed by atoms with E-state index in [-0.39, 0.29) is 11.0 Å². The number of pyridine rings is 1. The molecule has 0 radical (unpaired) electrons. The molecule has 10 heteroatoms. The number of amides is 2. The maximum absolute atomic E-state index is 13.3. The Morgan fingerprint density at radius 3 is 2.49 bits per heavy atom. The summed E-state index contributed by atoms with van der Waals surface area (Å²) in [6, 6.07) is 15.0. The number of aryl methyl sites for hydroxylation is 3. The Morgan fingerprint density at radius 2 is 1.70 bits per heavy atom. The molecule has 0 saturated carbocycles. The van der Waals surface area contributed by atoms with E-state index in [1.807, 2.05) is 38.4 Å². The second kappa shape index (κ2) is 10.5.